The Morgan fingerprint density at radius 1 is 0.647 bits per heavy atom. The first kappa shape index (κ1) is 17.2. The molecule has 0 spiro atoms. The summed E-state index contributed by atoms with van der Waals surface area (Å²) in [7, 11) is 0. The van der Waals surface area contributed by atoms with Gasteiger partial charge in [-0.2, -0.15) is 0 Å². The Labute approximate surface area is 111 Å². The second-order valence-electron chi connectivity index (χ2n) is 3.94. The highest BCUT2D eigenvalue weighted by Crippen LogP contribution is 2.02. The van der Waals surface area contributed by atoms with Gasteiger partial charge in [0.15, 0.2) is 0 Å². The first-order valence-electron chi connectivity index (χ1n) is 6.71. The number of halogens is 1. The van der Waals surface area contributed by atoms with Gasteiger partial charge < -0.3 is 14.2 Å². The Morgan fingerprint density at radius 2 is 1.18 bits per heavy atom. The predicted octanol–water partition coefficient (Wildman–Crippen LogP) is 3.25. The molecular weight excluding hydrogens is 240 g/mol. The van der Waals surface area contributed by atoms with Crippen molar-refractivity contribution in [2.45, 2.75) is 39.0 Å². The van der Waals surface area contributed by atoms with Crippen LogP contribution in [0, 0.1) is 0 Å². The van der Waals surface area contributed by atoms with E-state index < -0.39 is 0 Å². The largest absolute Gasteiger partial charge is 0.379 e. The number of ether oxygens (including phenoxy) is 3. The number of unbranched alkanes of at least 4 members (excludes halogenated alkanes) is 4. The third-order valence-corrected chi connectivity index (χ3v) is 2.51. The van der Waals surface area contributed by atoms with Gasteiger partial charge in [0.1, 0.15) is 0 Å². The molecule has 0 saturated heterocycles. The normalized spacial score (nSPS) is 10.9. The summed E-state index contributed by atoms with van der Waals surface area (Å²) in [6.45, 7) is 6.25. The van der Waals surface area contributed by atoms with Crippen molar-refractivity contribution in [3.8, 4) is 0 Å². The van der Waals surface area contributed by atoms with Crippen LogP contribution in [0.5, 0.6) is 0 Å². The maximum Gasteiger partial charge on any atom is 0.0701 e. The molecule has 4 heteroatoms. The van der Waals surface area contributed by atoms with Crippen molar-refractivity contribution in [3.63, 3.8) is 0 Å². The van der Waals surface area contributed by atoms with Crippen molar-refractivity contribution in [2.75, 3.05) is 45.5 Å². The summed E-state index contributed by atoms with van der Waals surface area (Å²) in [6.07, 6.45) is 6.40. The molecule has 0 bridgehead atoms. The van der Waals surface area contributed by atoms with Crippen LogP contribution in [0.3, 0.4) is 0 Å². The maximum atomic E-state index is 5.46. The van der Waals surface area contributed by atoms with Crippen molar-refractivity contribution in [3.05, 3.63) is 0 Å². The quantitative estimate of drug-likeness (QED) is 0.357. The molecule has 0 aliphatic heterocycles. The SMILES string of the molecule is CCCCCCCOCCOCCOCCCl. The van der Waals surface area contributed by atoms with Crippen LogP contribution in [0.25, 0.3) is 0 Å². The molecule has 0 aliphatic carbocycles. The molecule has 0 aromatic carbocycles. The first-order chi connectivity index (χ1) is 8.41. The van der Waals surface area contributed by atoms with Gasteiger partial charge in [-0.05, 0) is 6.42 Å². The highest BCUT2D eigenvalue weighted by molar-refractivity contribution is 6.17. The number of alkyl halides is 1. The van der Waals surface area contributed by atoms with E-state index >= 15 is 0 Å². The van der Waals surface area contributed by atoms with E-state index in [9.17, 15) is 0 Å². The number of hydrogen-bond donors (Lipinski definition) is 0. The standard InChI is InChI=1S/C13H27ClO3/c1-2-3-4-5-6-8-15-10-12-17-13-11-16-9-7-14/h2-13H2,1H3. The van der Waals surface area contributed by atoms with Crippen LogP contribution in [0.15, 0.2) is 0 Å². The van der Waals surface area contributed by atoms with E-state index in [1.807, 2.05) is 0 Å². The Kier molecular flexibility index (Phi) is 16.3. The Balaban J connectivity index is 2.85. The molecule has 0 fully saturated rings. The molecule has 0 aliphatic rings. The summed E-state index contributed by atoms with van der Waals surface area (Å²) in [5, 5.41) is 0. The highest BCUT2D eigenvalue weighted by Gasteiger charge is 1.92. The molecule has 0 unspecified atom stereocenters. The molecule has 0 aromatic heterocycles. The lowest BCUT2D eigenvalue weighted by atomic mass is 10.2. The van der Waals surface area contributed by atoms with E-state index in [1.54, 1.807) is 0 Å². The molecule has 0 amide bonds. The van der Waals surface area contributed by atoms with Gasteiger partial charge in [0.05, 0.1) is 33.0 Å². The van der Waals surface area contributed by atoms with Crippen LogP contribution in [0.4, 0.5) is 0 Å². The van der Waals surface area contributed by atoms with E-state index in [2.05, 4.69) is 6.92 Å². The molecule has 17 heavy (non-hydrogen) atoms. The minimum absolute atomic E-state index is 0.543. The van der Waals surface area contributed by atoms with Crippen LogP contribution < -0.4 is 0 Å². The molecule has 0 heterocycles. The summed E-state index contributed by atoms with van der Waals surface area (Å²) in [6, 6.07) is 0. The lowest BCUT2D eigenvalue weighted by molar-refractivity contribution is 0.0166. The molecule has 0 aromatic rings. The lowest BCUT2D eigenvalue weighted by Gasteiger charge is -2.06. The van der Waals surface area contributed by atoms with E-state index in [4.69, 9.17) is 25.8 Å². The van der Waals surface area contributed by atoms with Gasteiger partial charge in [0, 0.05) is 12.5 Å². The second-order valence-corrected chi connectivity index (χ2v) is 4.32. The summed E-state index contributed by atoms with van der Waals surface area (Å²) in [4.78, 5) is 0. The van der Waals surface area contributed by atoms with Gasteiger partial charge in [-0.1, -0.05) is 32.6 Å². The predicted molar refractivity (Wildman–Crippen MR) is 71.9 cm³/mol. The molecule has 0 atom stereocenters. The summed E-state index contributed by atoms with van der Waals surface area (Å²) in [5.41, 5.74) is 0. The average Bonchev–Trinajstić information content (AvgIpc) is 2.35. The van der Waals surface area contributed by atoms with Gasteiger partial charge in [-0.3, -0.25) is 0 Å². The van der Waals surface area contributed by atoms with Crippen molar-refractivity contribution in [2.24, 2.45) is 0 Å². The third kappa shape index (κ3) is 16.2. The highest BCUT2D eigenvalue weighted by atomic mass is 35.5. The molecule has 3 nitrogen and oxygen atoms in total. The van der Waals surface area contributed by atoms with E-state index in [-0.39, 0.29) is 0 Å². The third-order valence-electron chi connectivity index (χ3n) is 2.36. The molecule has 0 radical (unpaired) electrons. The van der Waals surface area contributed by atoms with Gasteiger partial charge in [0.2, 0.25) is 0 Å². The molecule has 0 N–H and O–H groups in total. The Hall–Kier alpha value is 0.170. The fourth-order valence-electron chi connectivity index (χ4n) is 1.40. The first-order valence-corrected chi connectivity index (χ1v) is 7.24. The zero-order valence-electron chi connectivity index (χ0n) is 11.1. The fraction of sp³-hybridized carbons (Fsp3) is 1.00. The second kappa shape index (κ2) is 16.2. The van der Waals surface area contributed by atoms with Crippen LogP contribution >= 0.6 is 11.6 Å². The minimum Gasteiger partial charge on any atom is -0.379 e. The van der Waals surface area contributed by atoms with Crippen LogP contribution in [-0.4, -0.2) is 45.5 Å². The fourth-order valence-corrected chi connectivity index (χ4v) is 1.51. The lowest BCUT2D eigenvalue weighted by Crippen LogP contribution is -2.10. The van der Waals surface area contributed by atoms with Crippen molar-refractivity contribution >= 4 is 11.6 Å². The molecule has 104 valence electrons. The van der Waals surface area contributed by atoms with Crippen molar-refractivity contribution in [1.82, 2.24) is 0 Å². The Bertz CT molecular complexity index is 120. The summed E-state index contributed by atoms with van der Waals surface area (Å²) < 4.78 is 16.0. The van der Waals surface area contributed by atoms with E-state index in [0.717, 1.165) is 6.61 Å². The minimum atomic E-state index is 0.543. The van der Waals surface area contributed by atoms with Gasteiger partial charge in [0.25, 0.3) is 0 Å². The van der Waals surface area contributed by atoms with E-state index in [1.165, 1.54) is 32.1 Å². The Morgan fingerprint density at radius 3 is 1.76 bits per heavy atom. The topological polar surface area (TPSA) is 27.7 Å². The molecule has 0 rings (SSSR count). The smallest absolute Gasteiger partial charge is 0.0701 e. The molecule has 0 saturated carbocycles. The van der Waals surface area contributed by atoms with Gasteiger partial charge >= 0.3 is 0 Å². The number of hydrogen-bond acceptors (Lipinski definition) is 3. The van der Waals surface area contributed by atoms with Crippen LogP contribution in [0.1, 0.15) is 39.0 Å². The average molecular weight is 267 g/mol. The van der Waals surface area contributed by atoms with Crippen molar-refractivity contribution < 1.29 is 14.2 Å². The van der Waals surface area contributed by atoms with Gasteiger partial charge in [-0.25, -0.2) is 0 Å². The van der Waals surface area contributed by atoms with Crippen LogP contribution in [0.2, 0.25) is 0 Å². The van der Waals surface area contributed by atoms with Crippen LogP contribution in [-0.2, 0) is 14.2 Å². The molecular formula is C13H27ClO3. The monoisotopic (exact) mass is 266 g/mol. The zero-order valence-corrected chi connectivity index (χ0v) is 11.8. The number of rotatable bonds is 14. The summed E-state index contributed by atoms with van der Waals surface area (Å²) in [5.74, 6) is 0.543. The maximum absolute atomic E-state index is 5.46. The van der Waals surface area contributed by atoms with Crippen molar-refractivity contribution in [1.29, 1.82) is 0 Å². The van der Waals surface area contributed by atoms with Gasteiger partial charge in [-0.15, -0.1) is 11.6 Å². The zero-order chi connectivity index (χ0) is 12.6. The summed E-state index contributed by atoms with van der Waals surface area (Å²) >= 11 is 5.46. The van der Waals surface area contributed by atoms with E-state index in [0.29, 0.717) is 38.9 Å².